The van der Waals surface area contributed by atoms with Crippen molar-refractivity contribution in [1.82, 2.24) is 0 Å². The Morgan fingerprint density at radius 1 is 0.583 bits per heavy atom. The smallest absolute Gasteiger partial charge is 0.315 e. The lowest BCUT2D eigenvalue weighted by Gasteiger charge is -2.22. The topological polar surface area (TPSA) is 89.5 Å². The summed E-state index contributed by atoms with van der Waals surface area (Å²) in [5.74, 6) is 1.24. The second-order valence-electron chi connectivity index (χ2n) is 11.0. The van der Waals surface area contributed by atoms with Crippen LogP contribution in [0.4, 0.5) is 0 Å². The van der Waals surface area contributed by atoms with Crippen LogP contribution in [0.5, 0.6) is 46.0 Å². The maximum atomic E-state index is 13.5. The van der Waals surface area contributed by atoms with E-state index in [-0.39, 0.29) is 35.8 Å². The van der Waals surface area contributed by atoms with Gasteiger partial charge >= 0.3 is 11.9 Å². The van der Waals surface area contributed by atoms with Gasteiger partial charge in [-0.15, -0.1) is 0 Å². The third kappa shape index (κ3) is 8.77. The van der Waals surface area contributed by atoms with Crippen LogP contribution in [0, 0.1) is 0 Å². The third-order valence-corrected chi connectivity index (χ3v) is 7.74. The molecule has 0 radical (unpaired) electrons. The SMILES string of the molecule is CCCCCCC(=O)Oc1c(Oc2ccc(OC)cc2)c(Oc2ccc(OC)cc2)c(OC(=O)Cc2ccccc2)c2ccc(Cl)cc12. The van der Waals surface area contributed by atoms with E-state index in [0.29, 0.717) is 45.2 Å². The standard InChI is InChI=1S/C39H37ClO8/c1-4-5-6-10-13-34(41)47-37-33-25-27(40)14-23-32(33)36(48-35(42)24-26-11-8-7-9-12-26)38(45-30-19-15-28(43-2)16-20-30)39(37)46-31-21-17-29(44-3)18-22-31/h7-9,11-12,14-23,25H,4-6,10,13,24H2,1-3H3. The molecule has 0 unspecified atom stereocenters. The molecule has 0 saturated heterocycles. The molecule has 8 nitrogen and oxygen atoms in total. The van der Waals surface area contributed by atoms with Crippen molar-refractivity contribution in [2.75, 3.05) is 14.2 Å². The van der Waals surface area contributed by atoms with Crippen LogP contribution < -0.4 is 28.4 Å². The number of fused-ring (bicyclic) bond motifs is 1. The minimum atomic E-state index is -0.534. The number of carbonyl (C=O) groups excluding carboxylic acids is 2. The van der Waals surface area contributed by atoms with E-state index in [0.717, 1.165) is 24.8 Å². The monoisotopic (exact) mass is 668 g/mol. The van der Waals surface area contributed by atoms with Crippen LogP contribution >= 0.6 is 11.6 Å². The number of methoxy groups -OCH3 is 2. The quantitative estimate of drug-likeness (QED) is 0.0618. The molecule has 0 heterocycles. The average molecular weight is 669 g/mol. The number of rotatable bonds is 15. The van der Waals surface area contributed by atoms with Crippen LogP contribution in [0.3, 0.4) is 0 Å². The summed E-state index contributed by atoms with van der Waals surface area (Å²) >= 11 is 6.51. The fourth-order valence-corrected chi connectivity index (χ4v) is 5.21. The second-order valence-corrected chi connectivity index (χ2v) is 11.4. The van der Waals surface area contributed by atoms with Crippen molar-refractivity contribution in [2.45, 2.75) is 45.4 Å². The van der Waals surface area contributed by atoms with Gasteiger partial charge in [0.15, 0.2) is 11.5 Å². The molecule has 0 N–H and O–H groups in total. The Labute approximate surface area is 285 Å². The van der Waals surface area contributed by atoms with Gasteiger partial charge in [-0.1, -0.05) is 68.1 Å². The molecule has 248 valence electrons. The lowest BCUT2D eigenvalue weighted by molar-refractivity contribution is -0.135. The summed E-state index contributed by atoms with van der Waals surface area (Å²) < 4.78 is 35.8. The first-order chi connectivity index (χ1) is 23.4. The molecule has 5 aromatic carbocycles. The lowest BCUT2D eigenvalue weighted by Crippen LogP contribution is -2.14. The highest BCUT2D eigenvalue weighted by Crippen LogP contribution is 2.54. The molecule has 9 heteroatoms. The highest BCUT2D eigenvalue weighted by molar-refractivity contribution is 6.31. The van der Waals surface area contributed by atoms with Crippen molar-refractivity contribution in [3.05, 3.63) is 108 Å². The van der Waals surface area contributed by atoms with Gasteiger partial charge < -0.3 is 28.4 Å². The third-order valence-electron chi connectivity index (χ3n) is 7.51. The summed E-state index contributed by atoms with van der Waals surface area (Å²) in [6.45, 7) is 2.11. The molecular formula is C39H37ClO8. The molecule has 48 heavy (non-hydrogen) atoms. The van der Waals surface area contributed by atoms with Crippen molar-refractivity contribution >= 4 is 34.3 Å². The van der Waals surface area contributed by atoms with Crippen LogP contribution in [0.1, 0.15) is 44.6 Å². The van der Waals surface area contributed by atoms with Crippen LogP contribution in [0.15, 0.2) is 97.1 Å². The van der Waals surface area contributed by atoms with E-state index in [4.69, 9.17) is 40.0 Å². The first kappa shape index (κ1) is 34.1. The molecular weight excluding hydrogens is 632 g/mol. The number of hydrogen-bond acceptors (Lipinski definition) is 8. The summed E-state index contributed by atoms with van der Waals surface area (Å²) in [6.07, 6.45) is 3.82. The molecule has 0 aromatic heterocycles. The van der Waals surface area contributed by atoms with Gasteiger partial charge in [-0.05, 0) is 78.7 Å². The lowest BCUT2D eigenvalue weighted by atomic mass is 10.1. The van der Waals surface area contributed by atoms with Gasteiger partial charge in [-0.25, -0.2) is 0 Å². The predicted molar refractivity (Wildman–Crippen MR) is 185 cm³/mol. The van der Waals surface area contributed by atoms with Crippen LogP contribution in [-0.2, 0) is 16.0 Å². The van der Waals surface area contributed by atoms with Crippen LogP contribution in [0.2, 0.25) is 5.02 Å². The first-order valence-electron chi connectivity index (χ1n) is 15.8. The minimum absolute atomic E-state index is 0.00106. The number of halogens is 1. The summed E-state index contributed by atoms with van der Waals surface area (Å²) in [6, 6.07) is 28.0. The van der Waals surface area contributed by atoms with E-state index in [1.807, 2.05) is 30.3 Å². The van der Waals surface area contributed by atoms with Crippen LogP contribution in [-0.4, -0.2) is 26.2 Å². The molecule has 0 fully saturated rings. The zero-order valence-electron chi connectivity index (χ0n) is 27.1. The van der Waals surface area contributed by atoms with Gasteiger partial charge in [0.1, 0.15) is 23.0 Å². The fraction of sp³-hybridized carbons (Fsp3) is 0.231. The predicted octanol–water partition coefficient (Wildman–Crippen LogP) is 10.1. The molecule has 0 spiro atoms. The number of ether oxygens (including phenoxy) is 6. The summed E-state index contributed by atoms with van der Waals surface area (Å²) in [7, 11) is 3.14. The number of hydrogen-bond donors (Lipinski definition) is 0. The molecule has 0 aliphatic heterocycles. The Balaban J connectivity index is 1.70. The van der Waals surface area contributed by atoms with Gasteiger partial charge in [-0.2, -0.15) is 0 Å². The van der Waals surface area contributed by atoms with E-state index >= 15 is 0 Å². The molecule has 5 rings (SSSR count). The average Bonchev–Trinajstić information content (AvgIpc) is 3.10. The van der Waals surface area contributed by atoms with Crippen molar-refractivity contribution < 1.29 is 38.0 Å². The van der Waals surface area contributed by atoms with Gasteiger partial charge in [0.25, 0.3) is 0 Å². The minimum Gasteiger partial charge on any atom is -0.497 e. The zero-order valence-corrected chi connectivity index (χ0v) is 27.9. The normalized spacial score (nSPS) is 10.8. The first-order valence-corrected chi connectivity index (χ1v) is 16.1. The molecule has 5 aromatic rings. The van der Waals surface area contributed by atoms with Gasteiger partial charge in [0, 0.05) is 22.2 Å². The van der Waals surface area contributed by atoms with Gasteiger partial charge in [0.2, 0.25) is 11.5 Å². The van der Waals surface area contributed by atoms with E-state index < -0.39 is 11.9 Å². The fourth-order valence-electron chi connectivity index (χ4n) is 5.04. The largest absolute Gasteiger partial charge is 0.497 e. The Kier molecular flexibility index (Phi) is 11.8. The summed E-state index contributed by atoms with van der Waals surface area (Å²) in [4.78, 5) is 26.8. The summed E-state index contributed by atoms with van der Waals surface area (Å²) in [5.41, 5.74) is 0.774. The number of unbranched alkanes of at least 4 members (excludes halogenated alkanes) is 3. The van der Waals surface area contributed by atoms with E-state index in [2.05, 4.69) is 6.92 Å². The highest BCUT2D eigenvalue weighted by atomic mass is 35.5. The summed E-state index contributed by atoms with van der Waals surface area (Å²) in [5, 5.41) is 1.21. The number of benzene rings is 5. The maximum Gasteiger partial charge on any atom is 0.315 e. The van der Waals surface area contributed by atoms with Crippen LogP contribution in [0.25, 0.3) is 10.8 Å². The van der Waals surface area contributed by atoms with Crippen molar-refractivity contribution in [1.29, 1.82) is 0 Å². The molecule has 0 aliphatic carbocycles. The zero-order chi connectivity index (χ0) is 33.9. The highest BCUT2D eigenvalue weighted by Gasteiger charge is 2.29. The maximum absolute atomic E-state index is 13.5. The van der Waals surface area contributed by atoms with E-state index in [1.165, 1.54) is 0 Å². The molecule has 0 saturated carbocycles. The molecule has 0 bridgehead atoms. The molecule has 0 atom stereocenters. The van der Waals surface area contributed by atoms with E-state index in [9.17, 15) is 9.59 Å². The van der Waals surface area contributed by atoms with Gasteiger partial charge in [-0.3, -0.25) is 9.59 Å². The van der Waals surface area contributed by atoms with E-state index in [1.54, 1.807) is 80.9 Å². The van der Waals surface area contributed by atoms with Crippen molar-refractivity contribution in [3.8, 4) is 46.0 Å². The molecule has 0 amide bonds. The second kappa shape index (κ2) is 16.6. The van der Waals surface area contributed by atoms with Gasteiger partial charge in [0.05, 0.1) is 20.6 Å². The Hall–Kier alpha value is -5.21. The Bertz CT molecular complexity index is 1840. The van der Waals surface area contributed by atoms with Crippen molar-refractivity contribution in [2.24, 2.45) is 0 Å². The number of esters is 2. The Morgan fingerprint density at radius 3 is 1.69 bits per heavy atom. The number of carbonyl (C=O) groups is 2. The van der Waals surface area contributed by atoms with Crippen molar-refractivity contribution in [3.63, 3.8) is 0 Å². The molecule has 0 aliphatic rings. The Morgan fingerprint density at radius 2 is 1.12 bits per heavy atom.